The van der Waals surface area contributed by atoms with Crippen molar-refractivity contribution >= 4 is 12.1 Å². The van der Waals surface area contributed by atoms with Crippen LogP contribution >= 0.6 is 0 Å². The van der Waals surface area contributed by atoms with Crippen molar-refractivity contribution in [3.8, 4) is 0 Å². The zero-order valence-corrected chi connectivity index (χ0v) is 11.5. The van der Waals surface area contributed by atoms with Gasteiger partial charge in [-0.1, -0.05) is 20.3 Å². The minimum Gasteiger partial charge on any atom is -0.466 e. The Balaban J connectivity index is 3.25. The first-order valence-electron chi connectivity index (χ1n) is 6.77. The minimum atomic E-state index is -0.362. The number of unbranched alkanes of at least 4 members (excludes halogenated alkanes) is 2. The van der Waals surface area contributed by atoms with E-state index < -0.39 is 0 Å². The molecule has 5 nitrogen and oxygen atoms in total. The fourth-order valence-electron chi connectivity index (χ4n) is 1.30. The van der Waals surface area contributed by atoms with E-state index in [2.05, 4.69) is 5.32 Å². The predicted octanol–water partition coefficient (Wildman–Crippen LogP) is 2.64. The number of carbonyl (C=O) groups is 2. The highest BCUT2D eigenvalue weighted by atomic mass is 16.5. The van der Waals surface area contributed by atoms with Gasteiger partial charge in [0.05, 0.1) is 13.2 Å². The highest BCUT2D eigenvalue weighted by molar-refractivity contribution is 5.69. The van der Waals surface area contributed by atoms with E-state index in [1.54, 1.807) is 0 Å². The molecule has 0 fully saturated rings. The molecular formula is C13H25NO4. The Bertz CT molecular complexity index is 207. The fourth-order valence-corrected chi connectivity index (χ4v) is 1.30. The molecule has 0 aliphatic rings. The molecule has 0 saturated carbocycles. The standard InChI is InChI=1S/C13H25NO4/c1-3-10-17-12(15)8-6-5-7-9-14-13(16)18-11-4-2/h3-11H2,1-2H3,(H,14,16). The van der Waals surface area contributed by atoms with E-state index >= 15 is 0 Å². The maximum Gasteiger partial charge on any atom is 0.407 e. The lowest BCUT2D eigenvalue weighted by molar-refractivity contribution is -0.143. The van der Waals surface area contributed by atoms with Crippen LogP contribution in [0.2, 0.25) is 0 Å². The number of alkyl carbamates (subject to hydrolysis) is 1. The lowest BCUT2D eigenvalue weighted by atomic mass is 10.2. The molecule has 0 spiro atoms. The largest absolute Gasteiger partial charge is 0.466 e. The summed E-state index contributed by atoms with van der Waals surface area (Å²) >= 11 is 0. The lowest BCUT2D eigenvalue weighted by Crippen LogP contribution is -2.25. The van der Waals surface area contributed by atoms with Crippen molar-refractivity contribution in [2.24, 2.45) is 0 Å². The second kappa shape index (κ2) is 12.2. The molecular weight excluding hydrogens is 234 g/mol. The van der Waals surface area contributed by atoms with Gasteiger partial charge in [-0.05, 0) is 25.7 Å². The van der Waals surface area contributed by atoms with Gasteiger partial charge in [0.2, 0.25) is 0 Å². The van der Waals surface area contributed by atoms with Gasteiger partial charge in [-0.2, -0.15) is 0 Å². The number of amides is 1. The van der Waals surface area contributed by atoms with Crippen LogP contribution in [0.4, 0.5) is 4.79 Å². The summed E-state index contributed by atoms with van der Waals surface area (Å²) in [6, 6.07) is 0. The van der Waals surface area contributed by atoms with Crippen molar-refractivity contribution in [2.45, 2.75) is 52.4 Å². The van der Waals surface area contributed by atoms with Crippen LogP contribution in [-0.2, 0) is 14.3 Å². The molecule has 0 saturated heterocycles. The summed E-state index contributed by atoms with van der Waals surface area (Å²) in [5.41, 5.74) is 0. The number of esters is 1. The van der Waals surface area contributed by atoms with Crippen molar-refractivity contribution in [2.75, 3.05) is 19.8 Å². The molecule has 0 aliphatic heterocycles. The highest BCUT2D eigenvalue weighted by Crippen LogP contribution is 2.01. The molecule has 18 heavy (non-hydrogen) atoms. The molecule has 0 heterocycles. The van der Waals surface area contributed by atoms with E-state index in [9.17, 15) is 9.59 Å². The van der Waals surface area contributed by atoms with E-state index in [0.29, 0.717) is 26.2 Å². The van der Waals surface area contributed by atoms with Crippen LogP contribution in [0.3, 0.4) is 0 Å². The van der Waals surface area contributed by atoms with E-state index in [-0.39, 0.29) is 12.1 Å². The molecule has 5 heteroatoms. The van der Waals surface area contributed by atoms with Crippen LogP contribution in [0, 0.1) is 0 Å². The number of hydrogen-bond donors (Lipinski definition) is 1. The molecule has 0 aromatic carbocycles. The number of ether oxygens (including phenoxy) is 2. The van der Waals surface area contributed by atoms with Gasteiger partial charge >= 0.3 is 12.1 Å². The summed E-state index contributed by atoms with van der Waals surface area (Å²) in [5, 5.41) is 2.66. The van der Waals surface area contributed by atoms with E-state index in [4.69, 9.17) is 9.47 Å². The number of hydrogen-bond acceptors (Lipinski definition) is 4. The average Bonchev–Trinajstić information content (AvgIpc) is 2.37. The van der Waals surface area contributed by atoms with E-state index in [1.165, 1.54) is 0 Å². The Kier molecular flexibility index (Phi) is 11.3. The van der Waals surface area contributed by atoms with Gasteiger partial charge in [-0.25, -0.2) is 4.79 Å². The maximum atomic E-state index is 11.1. The second-order valence-electron chi connectivity index (χ2n) is 4.09. The number of carbonyl (C=O) groups excluding carboxylic acids is 2. The molecule has 1 amide bonds. The molecule has 0 aromatic rings. The average molecular weight is 259 g/mol. The van der Waals surface area contributed by atoms with Gasteiger partial charge in [0, 0.05) is 13.0 Å². The van der Waals surface area contributed by atoms with Gasteiger partial charge in [0.1, 0.15) is 0 Å². The molecule has 1 N–H and O–H groups in total. The van der Waals surface area contributed by atoms with Crippen LogP contribution in [0.15, 0.2) is 0 Å². The highest BCUT2D eigenvalue weighted by Gasteiger charge is 2.02. The third kappa shape index (κ3) is 11.2. The summed E-state index contributed by atoms with van der Waals surface area (Å²) in [6.07, 6.45) is 4.33. The Labute approximate surface area is 109 Å². The fraction of sp³-hybridized carbons (Fsp3) is 0.846. The first kappa shape index (κ1) is 16.7. The van der Waals surface area contributed by atoms with Crippen molar-refractivity contribution in [1.29, 1.82) is 0 Å². The Morgan fingerprint density at radius 1 is 0.944 bits per heavy atom. The van der Waals surface area contributed by atoms with Crippen molar-refractivity contribution < 1.29 is 19.1 Å². The summed E-state index contributed by atoms with van der Waals surface area (Å²) < 4.78 is 9.81. The van der Waals surface area contributed by atoms with Crippen LogP contribution in [0.25, 0.3) is 0 Å². The molecule has 106 valence electrons. The zero-order valence-electron chi connectivity index (χ0n) is 11.5. The number of rotatable bonds is 10. The first-order chi connectivity index (χ1) is 8.70. The SMILES string of the molecule is CCCOC(=O)CCCCCNC(=O)OCCC. The molecule has 0 unspecified atom stereocenters. The predicted molar refractivity (Wildman–Crippen MR) is 69.4 cm³/mol. The van der Waals surface area contributed by atoms with Gasteiger partial charge in [0.15, 0.2) is 0 Å². The molecule has 0 atom stereocenters. The summed E-state index contributed by atoms with van der Waals surface area (Å²) in [6.45, 7) is 5.47. The van der Waals surface area contributed by atoms with Crippen LogP contribution < -0.4 is 5.32 Å². The Hall–Kier alpha value is -1.26. The van der Waals surface area contributed by atoms with Crippen LogP contribution in [0.1, 0.15) is 52.4 Å². The quantitative estimate of drug-likeness (QED) is 0.484. The summed E-state index contributed by atoms with van der Waals surface area (Å²) in [5.74, 6) is -0.132. The lowest BCUT2D eigenvalue weighted by Gasteiger charge is -2.06. The first-order valence-corrected chi connectivity index (χ1v) is 6.77. The third-order valence-corrected chi connectivity index (χ3v) is 2.23. The molecule has 0 aromatic heterocycles. The molecule has 0 rings (SSSR count). The van der Waals surface area contributed by atoms with Gasteiger partial charge in [-0.15, -0.1) is 0 Å². The van der Waals surface area contributed by atoms with Crippen molar-refractivity contribution in [3.63, 3.8) is 0 Å². The second-order valence-corrected chi connectivity index (χ2v) is 4.09. The monoisotopic (exact) mass is 259 g/mol. The molecule has 0 radical (unpaired) electrons. The molecule has 0 aliphatic carbocycles. The van der Waals surface area contributed by atoms with Crippen LogP contribution in [0.5, 0.6) is 0 Å². The Morgan fingerprint density at radius 2 is 1.61 bits per heavy atom. The summed E-state index contributed by atoms with van der Waals surface area (Å²) in [4.78, 5) is 22.2. The zero-order chi connectivity index (χ0) is 13.6. The maximum absolute atomic E-state index is 11.1. The normalized spacial score (nSPS) is 9.89. The van der Waals surface area contributed by atoms with Crippen molar-refractivity contribution in [1.82, 2.24) is 5.32 Å². The van der Waals surface area contributed by atoms with E-state index in [1.807, 2.05) is 13.8 Å². The van der Waals surface area contributed by atoms with Gasteiger partial charge < -0.3 is 14.8 Å². The van der Waals surface area contributed by atoms with Gasteiger partial charge in [0.25, 0.3) is 0 Å². The smallest absolute Gasteiger partial charge is 0.407 e. The van der Waals surface area contributed by atoms with Crippen molar-refractivity contribution in [3.05, 3.63) is 0 Å². The minimum absolute atomic E-state index is 0.132. The van der Waals surface area contributed by atoms with Gasteiger partial charge in [-0.3, -0.25) is 4.79 Å². The Morgan fingerprint density at radius 3 is 2.28 bits per heavy atom. The summed E-state index contributed by atoms with van der Waals surface area (Å²) in [7, 11) is 0. The van der Waals surface area contributed by atoms with Crippen LogP contribution in [-0.4, -0.2) is 31.8 Å². The van der Waals surface area contributed by atoms with E-state index in [0.717, 1.165) is 32.1 Å². The number of nitrogens with one attached hydrogen (secondary N) is 1. The topological polar surface area (TPSA) is 64.6 Å². The third-order valence-electron chi connectivity index (χ3n) is 2.23. The molecule has 0 bridgehead atoms.